The van der Waals surface area contributed by atoms with Crippen molar-refractivity contribution in [1.29, 1.82) is 0 Å². The lowest BCUT2D eigenvalue weighted by Gasteiger charge is -2.19. The van der Waals surface area contributed by atoms with Crippen molar-refractivity contribution in [3.8, 4) is 0 Å². The summed E-state index contributed by atoms with van der Waals surface area (Å²) in [5.74, 6) is -1.00. The van der Waals surface area contributed by atoms with Gasteiger partial charge in [-0.3, -0.25) is 0 Å². The van der Waals surface area contributed by atoms with Crippen LogP contribution in [0.5, 0.6) is 0 Å². The molecule has 0 aliphatic carbocycles. The van der Waals surface area contributed by atoms with Gasteiger partial charge in [-0.2, -0.15) is 0 Å². The average molecular weight is 310 g/mol. The van der Waals surface area contributed by atoms with E-state index in [-0.39, 0.29) is 6.04 Å². The zero-order chi connectivity index (χ0) is 15.4. The summed E-state index contributed by atoms with van der Waals surface area (Å²) in [6, 6.07) is 2.38. The molecular formula is C16H20F2N2S. The van der Waals surface area contributed by atoms with E-state index in [0.29, 0.717) is 17.5 Å². The second-order valence-electron chi connectivity index (χ2n) is 5.22. The minimum atomic E-state index is -0.504. The number of aryl methyl sites for hydroxylation is 2. The van der Waals surface area contributed by atoms with Crippen LogP contribution >= 0.6 is 11.3 Å². The van der Waals surface area contributed by atoms with Crippen molar-refractivity contribution in [1.82, 2.24) is 10.3 Å². The molecule has 2 nitrogen and oxygen atoms in total. The topological polar surface area (TPSA) is 24.9 Å². The number of hydrogen-bond donors (Lipinski definition) is 1. The molecule has 0 aliphatic heterocycles. The van der Waals surface area contributed by atoms with Crippen molar-refractivity contribution in [2.24, 2.45) is 0 Å². The van der Waals surface area contributed by atoms with Crippen molar-refractivity contribution in [2.75, 3.05) is 6.54 Å². The minimum Gasteiger partial charge on any atom is -0.309 e. The molecule has 0 amide bonds. The fourth-order valence-electron chi connectivity index (χ4n) is 2.23. The van der Waals surface area contributed by atoms with Gasteiger partial charge in [-0.05, 0) is 38.4 Å². The molecule has 0 spiro atoms. The molecule has 0 fully saturated rings. The highest BCUT2D eigenvalue weighted by molar-refractivity contribution is 7.09. The first-order valence-corrected chi connectivity index (χ1v) is 7.99. The normalized spacial score (nSPS) is 12.6. The summed E-state index contributed by atoms with van der Waals surface area (Å²) in [5.41, 5.74) is 1.94. The zero-order valence-corrected chi connectivity index (χ0v) is 13.4. The molecule has 0 saturated carbocycles. The Bertz CT molecular complexity index is 610. The van der Waals surface area contributed by atoms with Gasteiger partial charge in [0, 0.05) is 35.2 Å². The van der Waals surface area contributed by atoms with Crippen LogP contribution in [0.3, 0.4) is 0 Å². The lowest BCUT2D eigenvalue weighted by atomic mass is 10.0. The Morgan fingerprint density at radius 3 is 2.62 bits per heavy atom. The molecule has 1 aromatic carbocycles. The van der Waals surface area contributed by atoms with Gasteiger partial charge >= 0.3 is 0 Å². The quantitative estimate of drug-likeness (QED) is 0.859. The molecule has 1 heterocycles. The third kappa shape index (κ3) is 4.08. The Kier molecular flexibility index (Phi) is 5.42. The van der Waals surface area contributed by atoms with Crippen LogP contribution in [-0.2, 0) is 6.42 Å². The van der Waals surface area contributed by atoms with Gasteiger partial charge in [0.15, 0.2) is 0 Å². The maximum absolute atomic E-state index is 14.1. The summed E-state index contributed by atoms with van der Waals surface area (Å²) < 4.78 is 27.6. The van der Waals surface area contributed by atoms with Gasteiger partial charge in [0.2, 0.25) is 0 Å². The van der Waals surface area contributed by atoms with E-state index in [0.717, 1.165) is 29.7 Å². The van der Waals surface area contributed by atoms with Crippen molar-refractivity contribution in [3.63, 3.8) is 0 Å². The third-order valence-corrected chi connectivity index (χ3v) is 4.33. The molecule has 2 aromatic rings. The molecule has 0 saturated heterocycles. The maximum atomic E-state index is 14.1. The average Bonchev–Trinajstić information content (AvgIpc) is 2.84. The first-order valence-electron chi connectivity index (χ1n) is 7.11. The van der Waals surface area contributed by atoms with Crippen LogP contribution in [0.25, 0.3) is 0 Å². The Labute approximate surface area is 128 Å². The van der Waals surface area contributed by atoms with Crippen LogP contribution in [0, 0.1) is 25.5 Å². The summed E-state index contributed by atoms with van der Waals surface area (Å²) in [5, 5.41) is 6.28. The van der Waals surface area contributed by atoms with E-state index in [1.165, 1.54) is 0 Å². The van der Waals surface area contributed by atoms with Crippen LogP contribution in [0.15, 0.2) is 17.5 Å². The maximum Gasteiger partial charge on any atom is 0.130 e. The number of aromatic nitrogens is 1. The second-order valence-corrected chi connectivity index (χ2v) is 6.16. The van der Waals surface area contributed by atoms with Crippen LogP contribution in [-0.4, -0.2) is 11.5 Å². The highest BCUT2D eigenvalue weighted by atomic mass is 32.1. The van der Waals surface area contributed by atoms with Crippen molar-refractivity contribution in [3.05, 3.63) is 51.0 Å². The Hall–Kier alpha value is -1.33. The van der Waals surface area contributed by atoms with Crippen molar-refractivity contribution >= 4 is 11.3 Å². The molecule has 0 bridgehead atoms. The van der Waals surface area contributed by atoms with Gasteiger partial charge in [-0.25, -0.2) is 13.8 Å². The molecule has 0 aliphatic rings. The molecule has 1 unspecified atom stereocenters. The van der Waals surface area contributed by atoms with Gasteiger partial charge in [0.05, 0.1) is 5.01 Å². The molecule has 5 heteroatoms. The van der Waals surface area contributed by atoms with Crippen LogP contribution in [0.2, 0.25) is 0 Å². The Balaban J connectivity index is 2.28. The molecule has 2 rings (SSSR count). The highest BCUT2D eigenvalue weighted by Crippen LogP contribution is 2.25. The summed E-state index contributed by atoms with van der Waals surface area (Å²) in [6.45, 7) is 6.44. The molecule has 114 valence electrons. The van der Waals surface area contributed by atoms with E-state index in [2.05, 4.69) is 17.2 Å². The molecular weight excluding hydrogens is 290 g/mol. The predicted octanol–water partition coefficient (Wildman–Crippen LogP) is 4.32. The first-order chi connectivity index (χ1) is 10.0. The first kappa shape index (κ1) is 16.0. The number of thiazole rings is 1. The number of nitrogens with zero attached hydrogens (tertiary/aromatic N) is 1. The van der Waals surface area contributed by atoms with Crippen LogP contribution in [0.1, 0.15) is 41.2 Å². The summed E-state index contributed by atoms with van der Waals surface area (Å²) in [4.78, 5) is 4.44. The zero-order valence-electron chi connectivity index (χ0n) is 12.5. The number of rotatable bonds is 6. The lowest BCUT2D eigenvalue weighted by Crippen LogP contribution is -2.25. The van der Waals surface area contributed by atoms with E-state index in [1.54, 1.807) is 24.3 Å². The Morgan fingerprint density at radius 1 is 1.24 bits per heavy atom. The van der Waals surface area contributed by atoms with E-state index in [1.807, 2.05) is 12.3 Å². The number of benzene rings is 1. The Morgan fingerprint density at radius 2 is 2.00 bits per heavy atom. The van der Waals surface area contributed by atoms with E-state index in [4.69, 9.17) is 0 Å². The monoisotopic (exact) mass is 310 g/mol. The summed E-state index contributed by atoms with van der Waals surface area (Å²) in [6.07, 6.45) is 1.57. The predicted molar refractivity (Wildman–Crippen MR) is 82.7 cm³/mol. The standard InChI is InChI=1S/C16H20F2N2S/c1-4-5-19-15(8-16-20-11(3)9-21-16)12-6-10(2)13(17)7-14(12)18/h6-7,9,15,19H,4-5,8H2,1-3H3. The molecule has 1 N–H and O–H groups in total. The van der Waals surface area contributed by atoms with Crippen LogP contribution < -0.4 is 5.32 Å². The largest absolute Gasteiger partial charge is 0.309 e. The lowest BCUT2D eigenvalue weighted by molar-refractivity contribution is 0.489. The fraction of sp³-hybridized carbons (Fsp3) is 0.438. The fourth-order valence-corrected chi connectivity index (χ4v) is 3.05. The number of hydrogen-bond acceptors (Lipinski definition) is 3. The summed E-state index contributed by atoms with van der Waals surface area (Å²) in [7, 11) is 0. The number of nitrogens with one attached hydrogen (secondary N) is 1. The third-order valence-electron chi connectivity index (χ3n) is 3.34. The van der Waals surface area contributed by atoms with E-state index < -0.39 is 11.6 Å². The summed E-state index contributed by atoms with van der Waals surface area (Å²) >= 11 is 1.57. The molecule has 1 aromatic heterocycles. The van der Waals surface area contributed by atoms with Gasteiger partial charge in [-0.15, -0.1) is 11.3 Å². The number of halogens is 2. The van der Waals surface area contributed by atoms with Crippen LogP contribution in [0.4, 0.5) is 8.78 Å². The SMILES string of the molecule is CCCNC(Cc1nc(C)cs1)c1cc(C)c(F)cc1F. The van der Waals surface area contributed by atoms with Crippen molar-refractivity contribution < 1.29 is 8.78 Å². The molecule has 1 atom stereocenters. The molecule has 0 radical (unpaired) electrons. The van der Waals surface area contributed by atoms with Gasteiger partial charge in [-0.1, -0.05) is 6.92 Å². The van der Waals surface area contributed by atoms with Gasteiger partial charge < -0.3 is 5.32 Å². The highest BCUT2D eigenvalue weighted by Gasteiger charge is 2.19. The smallest absolute Gasteiger partial charge is 0.130 e. The minimum absolute atomic E-state index is 0.185. The van der Waals surface area contributed by atoms with Gasteiger partial charge in [0.25, 0.3) is 0 Å². The molecule has 21 heavy (non-hydrogen) atoms. The van der Waals surface area contributed by atoms with Crippen molar-refractivity contribution in [2.45, 2.75) is 39.7 Å². The second kappa shape index (κ2) is 7.09. The van der Waals surface area contributed by atoms with Gasteiger partial charge in [0.1, 0.15) is 11.6 Å². The van der Waals surface area contributed by atoms with E-state index in [9.17, 15) is 8.78 Å². The van der Waals surface area contributed by atoms with E-state index >= 15 is 0 Å².